The van der Waals surface area contributed by atoms with Crippen LogP contribution in [0, 0.1) is 0 Å². The van der Waals surface area contributed by atoms with E-state index in [1.54, 1.807) is 13.3 Å². The Morgan fingerprint density at radius 2 is 2.17 bits per heavy atom. The first-order valence-electron chi connectivity index (χ1n) is 7.03. The Balaban J connectivity index is 1.92. The molecule has 122 valence electrons. The van der Waals surface area contributed by atoms with E-state index in [-0.39, 0.29) is 6.04 Å². The molecule has 7 heteroatoms. The molecule has 0 fully saturated rings. The van der Waals surface area contributed by atoms with Crippen molar-refractivity contribution in [2.75, 3.05) is 13.7 Å². The Kier molecular flexibility index (Phi) is 6.76. The molecular weight excluding hydrogens is 378 g/mol. The van der Waals surface area contributed by atoms with Crippen LogP contribution in [0.1, 0.15) is 12.7 Å². The number of benzene rings is 1. The van der Waals surface area contributed by atoms with Gasteiger partial charge < -0.3 is 14.5 Å². The van der Waals surface area contributed by atoms with Crippen LogP contribution in [-0.4, -0.2) is 31.1 Å². The Morgan fingerprint density at radius 3 is 2.91 bits per heavy atom. The molecule has 2 rings (SSSR count). The van der Waals surface area contributed by atoms with Crippen molar-refractivity contribution in [1.82, 2.24) is 10.7 Å². The lowest BCUT2D eigenvalue weighted by Crippen LogP contribution is -2.40. The van der Waals surface area contributed by atoms with Crippen molar-refractivity contribution < 1.29 is 9.15 Å². The zero-order chi connectivity index (χ0) is 16.7. The molecule has 0 unspecified atom stereocenters. The van der Waals surface area contributed by atoms with E-state index in [4.69, 9.17) is 21.4 Å². The summed E-state index contributed by atoms with van der Waals surface area (Å²) in [6.07, 6.45) is 1.58. The Labute approximate surface area is 149 Å². The third-order valence-electron chi connectivity index (χ3n) is 2.92. The van der Waals surface area contributed by atoms with E-state index >= 15 is 0 Å². The zero-order valence-corrected chi connectivity index (χ0v) is 15.3. The van der Waals surface area contributed by atoms with E-state index in [1.807, 2.05) is 43.3 Å². The first-order valence-corrected chi connectivity index (χ1v) is 8.23. The number of hydrogen-bond acceptors (Lipinski definition) is 4. The van der Waals surface area contributed by atoms with Crippen LogP contribution in [0.3, 0.4) is 0 Å². The maximum absolute atomic E-state index is 5.75. The van der Waals surface area contributed by atoms with Gasteiger partial charge in [0, 0.05) is 23.2 Å². The van der Waals surface area contributed by atoms with E-state index < -0.39 is 0 Å². The summed E-state index contributed by atoms with van der Waals surface area (Å²) in [4.78, 5) is 0. The fourth-order valence-electron chi connectivity index (χ4n) is 1.93. The van der Waals surface area contributed by atoms with Crippen molar-refractivity contribution in [2.45, 2.75) is 13.0 Å². The predicted octanol–water partition coefficient (Wildman–Crippen LogP) is 3.54. The molecular formula is C16H18BrN3O2S. The number of methoxy groups -OCH3 is 1. The lowest BCUT2D eigenvalue weighted by Gasteiger charge is -2.13. The summed E-state index contributed by atoms with van der Waals surface area (Å²) >= 11 is 8.64. The molecule has 0 aliphatic carbocycles. The number of nitrogens with zero attached hydrogens (tertiary/aromatic N) is 1. The lowest BCUT2D eigenvalue weighted by atomic mass is 10.2. The van der Waals surface area contributed by atoms with Crippen LogP contribution >= 0.6 is 28.1 Å². The van der Waals surface area contributed by atoms with Gasteiger partial charge in [0.2, 0.25) is 0 Å². The average molecular weight is 396 g/mol. The molecule has 1 aromatic carbocycles. The molecule has 0 saturated heterocycles. The van der Waals surface area contributed by atoms with Gasteiger partial charge in [0.1, 0.15) is 11.5 Å². The zero-order valence-electron chi connectivity index (χ0n) is 12.9. The van der Waals surface area contributed by atoms with Gasteiger partial charge in [0.25, 0.3) is 0 Å². The number of ether oxygens (including phenoxy) is 1. The molecule has 0 saturated carbocycles. The number of halogens is 1. The molecule has 23 heavy (non-hydrogen) atoms. The van der Waals surface area contributed by atoms with Gasteiger partial charge in [-0.1, -0.05) is 34.1 Å². The van der Waals surface area contributed by atoms with Crippen LogP contribution in [0.4, 0.5) is 0 Å². The van der Waals surface area contributed by atoms with Crippen LogP contribution in [0.25, 0.3) is 11.3 Å². The summed E-state index contributed by atoms with van der Waals surface area (Å²) in [6, 6.07) is 11.7. The second-order valence-corrected chi connectivity index (χ2v) is 6.14. The van der Waals surface area contributed by atoms with Gasteiger partial charge in [-0.2, -0.15) is 5.10 Å². The molecule has 2 aromatic rings. The van der Waals surface area contributed by atoms with Gasteiger partial charge in [-0.05, 0) is 37.3 Å². The van der Waals surface area contributed by atoms with E-state index in [9.17, 15) is 0 Å². The van der Waals surface area contributed by atoms with Crippen molar-refractivity contribution in [3.05, 3.63) is 46.6 Å². The molecule has 5 nitrogen and oxygen atoms in total. The number of rotatable bonds is 6. The number of thiocarbonyl (C=S) groups is 1. The minimum absolute atomic E-state index is 0.112. The fourth-order valence-corrected chi connectivity index (χ4v) is 2.66. The van der Waals surface area contributed by atoms with Gasteiger partial charge in [-0.25, -0.2) is 0 Å². The van der Waals surface area contributed by atoms with Crippen molar-refractivity contribution >= 4 is 39.5 Å². The summed E-state index contributed by atoms with van der Waals surface area (Å²) in [7, 11) is 1.65. The van der Waals surface area contributed by atoms with E-state index in [1.165, 1.54) is 0 Å². The number of furan rings is 1. The molecule has 0 aliphatic rings. The second-order valence-electron chi connectivity index (χ2n) is 4.88. The van der Waals surface area contributed by atoms with Crippen molar-refractivity contribution in [3.63, 3.8) is 0 Å². The summed E-state index contributed by atoms with van der Waals surface area (Å²) in [5, 5.41) is 7.54. The number of nitrogens with one attached hydrogen (secondary N) is 2. The van der Waals surface area contributed by atoms with Crippen molar-refractivity contribution in [2.24, 2.45) is 5.10 Å². The monoisotopic (exact) mass is 395 g/mol. The van der Waals surface area contributed by atoms with E-state index in [2.05, 4.69) is 31.8 Å². The average Bonchev–Trinajstić information content (AvgIpc) is 2.96. The highest BCUT2D eigenvalue weighted by Gasteiger charge is 2.07. The van der Waals surface area contributed by atoms with Crippen molar-refractivity contribution in [3.8, 4) is 11.3 Å². The first-order chi connectivity index (χ1) is 11.1. The van der Waals surface area contributed by atoms with Crippen LogP contribution in [0.5, 0.6) is 0 Å². The van der Waals surface area contributed by atoms with Crippen LogP contribution < -0.4 is 10.7 Å². The predicted molar refractivity (Wildman–Crippen MR) is 99.6 cm³/mol. The number of hydrazone groups is 1. The molecule has 0 aliphatic heterocycles. The molecule has 1 heterocycles. The van der Waals surface area contributed by atoms with Gasteiger partial charge >= 0.3 is 0 Å². The second kappa shape index (κ2) is 8.81. The summed E-state index contributed by atoms with van der Waals surface area (Å²) in [5.74, 6) is 1.41. The molecule has 1 atom stereocenters. The minimum Gasteiger partial charge on any atom is -0.455 e. The van der Waals surface area contributed by atoms with Crippen LogP contribution in [0.15, 0.2) is 50.4 Å². The smallest absolute Gasteiger partial charge is 0.187 e. The third-order valence-corrected chi connectivity index (χ3v) is 3.82. The molecule has 0 bridgehead atoms. The lowest BCUT2D eigenvalue weighted by molar-refractivity contribution is 0.179. The molecule has 1 aromatic heterocycles. The minimum atomic E-state index is 0.112. The highest BCUT2D eigenvalue weighted by molar-refractivity contribution is 9.10. The Bertz CT molecular complexity index is 687. The standard InChI is InChI=1S/C16H18BrN3O2S/c1-11(10-21-2)19-16(23)20-18-9-12-7-8-15(22-12)13-5-3-4-6-14(13)17/h3-9,11H,10H2,1-2H3,(H2,19,20,23)/b18-9-/t11-/m0/s1. The number of hydrogen-bond donors (Lipinski definition) is 2. The SMILES string of the molecule is COC[C@H](C)NC(=S)N/N=C\c1ccc(-c2ccccc2Br)o1. The van der Waals surface area contributed by atoms with Gasteiger partial charge in [0.15, 0.2) is 5.11 Å². The van der Waals surface area contributed by atoms with Gasteiger partial charge in [0.05, 0.1) is 12.8 Å². The fraction of sp³-hybridized carbons (Fsp3) is 0.250. The third kappa shape index (κ3) is 5.46. The van der Waals surface area contributed by atoms with E-state index in [0.29, 0.717) is 17.5 Å². The van der Waals surface area contributed by atoms with Crippen molar-refractivity contribution in [1.29, 1.82) is 0 Å². The summed E-state index contributed by atoms with van der Waals surface area (Å²) < 4.78 is 11.8. The first kappa shape index (κ1) is 17.7. The van der Waals surface area contributed by atoms with Gasteiger partial charge in [-0.15, -0.1) is 0 Å². The molecule has 0 radical (unpaired) electrons. The van der Waals surface area contributed by atoms with Gasteiger partial charge in [-0.3, -0.25) is 5.43 Å². The largest absolute Gasteiger partial charge is 0.455 e. The molecule has 0 amide bonds. The Hall–Kier alpha value is -1.70. The maximum Gasteiger partial charge on any atom is 0.187 e. The molecule has 0 spiro atoms. The van der Waals surface area contributed by atoms with Crippen LogP contribution in [-0.2, 0) is 4.74 Å². The highest BCUT2D eigenvalue weighted by atomic mass is 79.9. The van der Waals surface area contributed by atoms with Crippen LogP contribution in [0.2, 0.25) is 0 Å². The summed E-state index contributed by atoms with van der Waals surface area (Å²) in [6.45, 7) is 2.54. The maximum atomic E-state index is 5.75. The highest BCUT2D eigenvalue weighted by Crippen LogP contribution is 2.28. The topological polar surface area (TPSA) is 58.8 Å². The quantitative estimate of drug-likeness (QED) is 0.444. The summed E-state index contributed by atoms with van der Waals surface area (Å²) in [5.41, 5.74) is 3.74. The molecule has 2 N–H and O–H groups in total. The van der Waals surface area contributed by atoms with E-state index in [0.717, 1.165) is 15.8 Å². The Morgan fingerprint density at radius 1 is 1.39 bits per heavy atom. The normalized spacial score (nSPS) is 12.3.